The van der Waals surface area contributed by atoms with Crippen molar-refractivity contribution in [2.45, 2.75) is 32.6 Å². The number of aliphatic hydroxyl groups excluding tert-OH is 1. The van der Waals surface area contributed by atoms with Gasteiger partial charge < -0.3 is 19.1 Å². The lowest BCUT2D eigenvalue weighted by molar-refractivity contribution is 0.0597. The highest BCUT2D eigenvalue weighted by molar-refractivity contribution is 5.34. The Morgan fingerprint density at radius 3 is 2.74 bits per heavy atom. The van der Waals surface area contributed by atoms with E-state index in [-0.39, 0.29) is 12.7 Å². The summed E-state index contributed by atoms with van der Waals surface area (Å²) in [7, 11) is 0. The van der Waals surface area contributed by atoms with Crippen molar-refractivity contribution in [2.75, 3.05) is 13.2 Å². The molecule has 0 aliphatic carbocycles. The summed E-state index contributed by atoms with van der Waals surface area (Å²) in [6, 6.07) is 8.84. The van der Waals surface area contributed by atoms with E-state index >= 15 is 0 Å². The van der Waals surface area contributed by atoms with Gasteiger partial charge in [0, 0.05) is 19.0 Å². The van der Waals surface area contributed by atoms with Gasteiger partial charge in [0.05, 0.1) is 18.2 Å². The van der Waals surface area contributed by atoms with E-state index in [0.29, 0.717) is 24.5 Å². The second kappa shape index (κ2) is 8.32. The second-order valence-electron chi connectivity index (χ2n) is 5.14. The number of nitriles is 1. The number of imidazole rings is 1. The van der Waals surface area contributed by atoms with Gasteiger partial charge in [0.2, 0.25) is 0 Å². The third-order valence-electron chi connectivity index (χ3n) is 3.36. The maximum atomic E-state index is 10.2. The van der Waals surface area contributed by atoms with Gasteiger partial charge in [-0.25, -0.2) is 4.98 Å². The first-order chi connectivity index (χ1) is 11.1. The van der Waals surface area contributed by atoms with Crippen LogP contribution in [0, 0.1) is 11.3 Å². The van der Waals surface area contributed by atoms with Crippen molar-refractivity contribution in [3.63, 3.8) is 0 Å². The van der Waals surface area contributed by atoms with E-state index in [0.717, 1.165) is 5.82 Å². The van der Waals surface area contributed by atoms with Gasteiger partial charge in [0.1, 0.15) is 30.4 Å². The van der Waals surface area contributed by atoms with E-state index in [4.69, 9.17) is 14.7 Å². The lowest BCUT2D eigenvalue weighted by atomic mass is 10.2. The molecule has 1 aromatic heterocycles. The van der Waals surface area contributed by atoms with Crippen molar-refractivity contribution >= 4 is 0 Å². The molecule has 2 unspecified atom stereocenters. The molecule has 0 amide bonds. The smallest absolute Gasteiger partial charge is 0.137 e. The van der Waals surface area contributed by atoms with Crippen molar-refractivity contribution < 1.29 is 14.6 Å². The van der Waals surface area contributed by atoms with Crippen molar-refractivity contribution in [3.05, 3.63) is 48.0 Å². The quantitative estimate of drug-likeness (QED) is 0.808. The van der Waals surface area contributed by atoms with Gasteiger partial charge in [-0.3, -0.25) is 0 Å². The third kappa shape index (κ3) is 4.81. The van der Waals surface area contributed by atoms with Crippen LogP contribution in [0.5, 0.6) is 5.75 Å². The Morgan fingerprint density at radius 1 is 1.35 bits per heavy atom. The lowest BCUT2D eigenvalue weighted by Crippen LogP contribution is -2.25. The van der Waals surface area contributed by atoms with Crippen LogP contribution in [-0.2, 0) is 11.3 Å². The van der Waals surface area contributed by atoms with Crippen LogP contribution in [-0.4, -0.2) is 34.0 Å². The normalized spacial score (nSPS) is 13.3. The van der Waals surface area contributed by atoms with Crippen molar-refractivity contribution in [2.24, 2.45) is 0 Å². The molecule has 0 radical (unpaired) electrons. The molecule has 0 aliphatic rings. The molecule has 0 aliphatic heterocycles. The van der Waals surface area contributed by atoms with Gasteiger partial charge in [0.15, 0.2) is 0 Å². The number of hydrogen-bond acceptors (Lipinski definition) is 5. The predicted molar refractivity (Wildman–Crippen MR) is 84.9 cm³/mol. The van der Waals surface area contributed by atoms with Gasteiger partial charge >= 0.3 is 0 Å². The molecular weight excluding hydrogens is 294 g/mol. The Kier molecular flexibility index (Phi) is 6.15. The van der Waals surface area contributed by atoms with Gasteiger partial charge in [-0.2, -0.15) is 5.26 Å². The molecule has 0 spiro atoms. The first kappa shape index (κ1) is 17.0. The van der Waals surface area contributed by atoms with Gasteiger partial charge in [-0.1, -0.05) is 0 Å². The second-order valence-corrected chi connectivity index (χ2v) is 5.14. The molecule has 6 nitrogen and oxygen atoms in total. The summed E-state index contributed by atoms with van der Waals surface area (Å²) in [5.74, 6) is 1.40. The SMILES string of the molecule is CCOC(C)c1nccn1CC(O)COc1ccc(C#N)cc1. The van der Waals surface area contributed by atoms with E-state index < -0.39 is 6.10 Å². The lowest BCUT2D eigenvalue weighted by Gasteiger charge is -2.17. The number of aliphatic hydroxyl groups is 1. The molecule has 0 saturated carbocycles. The topological polar surface area (TPSA) is 80.3 Å². The maximum Gasteiger partial charge on any atom is 0.137 e. The summed E-state index contributed by atoms with van der Waals surface area (Å²) in [6.07, 6.45) is 2.71. The molecule has 1 N–H and O–H groups in total. The number of ether oxygens (including phenoxy) is 2. The first-order valence-electron chi connectivity index (χ1n) is 7.57. The Bertz CT molecular complexity index is 646. The van der Waals surface area contributed by atoms with Gasteiger partial charge in [-0.15, -0.1) is 0 Å². The molecule has 1 aromatic carbocycles. The Hall–Kier alpha value is -2.36. The molecule has 0 saturated heterocycles. The largest absolute Gasteiger partial charge is 0.491 e. The number of rotatable bonds is 8. The van der Waals surface area contributed by atoms with Crippen LogP contribution < -0.4 is 4.74 Å². The van der Waals surface area contributed by atoms with E-state index in [1.54, 1.807) is 30.5 Å². The minimum atomic E-state index is -0.674. The fourth-order valence-electron chi connectivity index (χ4n) is 2.26. The summed E-state index contributed by atoms with van der Waals surface area (Å²) < 4.78 is 12.9. The summed E-state index contributed by atoms with van der Waals surface area (Å²) in [5, 5.41) is 18.9. The van der Waals surface area contributed by atoms with E-state index in [2.05, 4.69) is 4.98 Å². The zero-order valence-corrected chi connectivity index (χ0v) is 13.3. The molecule has 1 heterocycles. The van der Waals surface area contributed by atoms with Crippen LogP contribution in [0.3, 0.4) is 0 Å². The van der Waals surface area contributed by atoms with Gasteiger partial charge in [0.25, 0.3) is 0 Å². The molecule has 2 aromatic rings. The molecule has 2 atom stereocenters. The first-order valence-corrected chi connectivity index (χ1v) is 7.57. The molecule has 0 bridgehead atoms. The van der Waals surface area contributed by atoms with Crippen LogP contribution in [0.2, 0.25) is 0 Å². The maximum absolute atomic E-state index is 10.2. The van der Waals surface area contributed by atoms with Crippen molar-refractivity contribution in [1.82, 2.24) is 9.55 Å². The number of aromatic nitrogens is 2. The number of hydrogen-bond donors (Lipinski definition) is 1. The Labute approximate surface area is 135 Å². The average molecular weight is 315 g/mol. The fraction of sp³-hybridized carbons (Fsp3) is 0.412. The summed E-state index contributed by atoms with van der Waals surface area (Å²) >= 11 is 0. The molecule has 23 heavy (non-hydrogen) atoms. The van der Waals surface area contributed by atoms with Crippen LogP contribution >= 0.6 is 0 Å². The fourth-order valence-corrected chi connectivity index (χ4v) is 2.26. The highest BCUT2D eigenvalue weighted by Crippen LogP contribution is 2.16. The highest BCUT2D eigenvalue weighted by Gasteiger charge is 2.15. The van der Waals surface area contributed by atoms with Crippen molar-refractivity contribution in [1.29, 1.82) is 5.26 Å². The summed E-state index contributed by atoms with van der Waals surface area (Å²) in [4.78, 5) is 4.28. The third-order valence-corrected chi connectivity index (χ3v) is 3.36. The minimum absolute atomic E-state index is 0.123. The van der Waals surface area contributed by atoms with Crippen LogP contribution in [0.4, 0.5) is 0 Å². The molecule has 122 valence electrons. The predicted octanol–water partition coefficient (Wildman–Crippen LogP) is 2.29. The molecule has 0 fully saturated rings. The Morgan fingerprint density at radius 2 is 2.09 bits per heavy atom. The standard InChI is InChI=1S/C17H21N3O3/c1-3-22-13(2)17-19-8-9-20(17)11-15(21)12-23-16-6-4-14(10-18)5-7-16/h4-9,13,15,21H,3,11-12H2,1-2H3. The zero-order valence-electron chi connectivity index (χ0n) is 13.3. The van der Waals surface area contributed by atoms with Crippen molar-refractivity contribution in [3.8, 4) is 11.8 Å². The highest BCUT2D eigenvalue weighted by atomic mass is 16.5. The summed E-state index contributed by atoms with van der Waals surface area (Å²) in [6.45, 7) is 5.01. The minimum Gasteiger partial charge on any atom is -0.491 e. The average Bonchev–Trinajstić information content (AvgIpc) is 3.02. The van der Waals surface area contributed by atoms with Crippen LogP contribution in [0.15, 0.2) is 36.7 Å². The van der Waals surface area contributed by atoms with E-state index in [1.165, 1.54) is 0 Å². The monoisotopic (exact) mass is 315 g/mol. The molecule has 6 heteroatoms. The molecular formula is C17H21N3O3. The van der Waals surface area contributed by atoms with Gasteiger partial charge in [-0.05, 0) is 38.1 Å². The zero-order chi connectivity index (χ0) is 16.7. The van der Waals surface area contributed by atoms with E-state index in [1.807, 2.05) is 30.7 Å². The molecule has 2 rings (SSSR count). The number of benzene rings is 1. The number of nitrogens with zero attached hydrogens (tertiary/aromatic N) is 3. The van der Waals surface area contributed by atoms with Crippen LogP contribution in [0.25, 0.3) is 0 Å². The Balaban J connectivity index is 1.88. The van der Waals surface area contributed by atoms with E-state index in [9.17, 15) is 5.11 Å². The van der Waals surface area contributed by atoms with Crippen LogP contribution in [0.1, 0.15) is 31.3 Å². The summed E-state index contributed by atoms with van der Waals surface area (Å²) in [5.41, 5.74) is 0.575.